The number of ether oxygens (including phenoxy) is 4. The van der Waals surface area contributed by atoms with Crippen molar-refractivity contribution in [3.63, 3.8) is 0 Å². The van der Waals surface area contributed by atoms with Crippen molar-refractivity contribution in [2.45, 2.75) is 19.3 Å². The first-order chi connectivity index (χ1) is 19.0. The molecule has 0 spiro atoms. The first-order valence-electron chi connectivity index (χ1n) is 12.6. The third kappa shape index (κ3) is 8.53. The van der Waals surface area contributed by atoms with Crippen molar-refractivity contribution in [1.82, 2.24) is 0 Å². The number of hydrogen-bond acceptors (Lipinski definition) is 8. The maximum Gasteiger partial charge on any atom is 0.343 e. The fourth-order valence-corrected chi connectivity index (χ4v) is 3.54. The van der Waals surface area contributed by atoms with Gasteiger partial charge >= 0.3 is 11.9 Å². The second-order valence-corrected chi connectivity index (χ2v) is 8.72. The van der Waals surface area contributed by atoms with Crippen LogP contribution in [0.3, 0.4) is 0 Å². The Balaban J connectivity index is 1.08. The molecule has 0 aliphatic heterocycles. The van der Waals surface area contributed by atoms with E-state index in [1.807, 2.05) is 0 Å². The Kier molecular flexibility index (Phi) is 9.39. The minimum Gasteiger partial charge on any atom is -0.494 e. The average molecular weight is 527 g/mol. The summed E-state index contributed by atoms with van der Waals surface area (Å²) in [5.41, 5.74) is 13.3. The summed E-state index contributed by atoms with van der Waals surface area (Å²) in [5.74, 6) is 1.40. The van der Waals surface area contributed by atoms with Crippen LogP contribution in [-0.2, 0) is 0 Å². The van der Waals surface area contributed by atoms with E-state index in [2.05, 4.69) is 0 Å². The SMILES string of the molecule is Nc1ccc(C(=O)Oc2ccc(OCCCCCOc3ccc(OC(=O)c4ccc(N)cc4)cc3)cc2)cc1. The van der Waals surface area contributed by atoms with Gasteiger partial charge in [-0.2, -0.15) is 0 Å². The third-order valence-corrected chi connectivity index (χ3v) is 5.69. The molecule has 200 valence electrons. The van der Waals surface area contributed by atoms with Crippen LogP contribution in [0.1, 0.15) is 40.0 Å². The zero-order valence-electron chi connectivity index (χ0n) is 21.4. The normalized spacial score (nSPS) is 10.5. The number of carbonyl (C=O) groups is 2. The molecule has 0 aliphatic rings. The van der Waals surface area contributed by atoms with E-state index in [-0.39, 0.29) is 0 Å². The predicted molar refractivity (Wildman–Crippen MR) is 149 cm³/mol. The van der Waals surface area contributed by atoms with Gasteiger partial charge in [-0.1, -0.05) is 0 Å². The molecule has 4 aromatic carbocycles. The molecule has 0 fully saturated rings. The second kappa shape index (κ2) is 13.5. The van der Waals surface area contributed by atoms with Gasteiger partial charge in [0.2, 0.25) is 0 Å². The van der Waals surface area contributed by atoms with Gasteiger partial charge in [-0.15, -0.1) is 0 Å². The van der Waals surface area contributed by atoms with E-state index in [1.54, 1.807) is 97.1 Å². The van der Waals surface area contributed by atoms with Crippen molar-refractivity contribution in [2.24, 2.45) is 0 Å². The molecule has 0 amide bonds. The summed E-state index contributed by atoms with van der Waals surface area (Å²) in [7, 11) is 0. The molecule has 4 N–H and O–H groups in total. The Morgan fingerprint density at radius 1 is 0.462 bits per heavy atom. The standard InChI is InChI=1S/C31H30N2O6/c32-24-8-4-22(5-9-24)30(34)38-28-16-12-26(13-17-28)36-20-2-1-3-21-37-27-14-18-29(19-15-27)39-31(35)23-6-10-25(33)11-7-23/h4-19H,1-3,20-21,32-33H2. The van der Waals surface area contributed by atoms with Crippen LogP contribution in [0.15, 0.2) is 97.1 Å². The summed E-state index contributed by atoms with van der Waals surface area (Å²) < 4.78 is 22.3. The topological polar surface area (TPSA) is 123 Å². The predicted octanol–water partition coefficient (Wildman–Crippen LogP) is 5.92. The van der Waals surface area contributed by atoms with Gasteiger partial charge in [0.25, 0.3) is 0 Å². The van der Waals surface area contributed by atoms with Crippen LogP contribution in [-0.4, -0.2) is 25.2 Å². The molecule has 8 heteroatoms. The second-order valence-electron chi connectivity index (χ2n) is 8.72. The molecule has 0 saturated heterocycles. The summed E-state index contributed by atoms with van der Waals surface area (Å²) in [6, 6.07) is 27.0. The molecular formula is C31H30N2O6. The Hall–Kier alpha value is -4.98. The summed E-state index contributed by atoms with van der Waals surface area (Å²) in [6.45, 7) is 1.14. The molecule has 0 heterocycles. The minimum atomic E-state index is -0.445. The van der Waals surface area contributed by atoms with Crippen LogP contribution in [0.5, 0.6) is 23.0 Å². The highest BCUT2D eigenvalue weighted by Crippen LogP contribution is 2.21. The van der Waals surface area contributed by atoms with Crippen LogP contribution < -0.4 is 30.4 Å². The number of nitrogens with two attached hydrogens (primary N) is 2. The molecular weight excluding hydrogens is 496 g/mol. The van der Waals surface area contributed by atoms with Gasteiger partial charge in [0, 0.05) is 11.4 Å². The van der Waals surface area contributed by atoms with Crippen LogP contribution in [0.25, 0.3) is 0 Å². The van der Waals surface area contributed by atoms with E-state index in [0.29, 0.717) is 58.7 Å². The first-order valence-corrected chi connectivity index (χ1v) is 12.6. The summed E-state index contributed by atoms with van der Waals surface area (Å²) >= 11 is 0. The molecule has 39 heavy (non-hydrogen) atoms. The van der Waals surface area contributed by atoms with Crippen molar-refractivity contribution in [3.05, 3.63) is 108 Å². The Bertz CT molecular complexity index is 1250. The Labute approximate surface area is 227 Å². The lowest BCUT2D eigenvalue weighted by molar-refractivity contribution is 0.0725. The lowest BCUT2D eigenvalue weighted by atomic mass is 10.2. The van der Waals surface area contributed by atoms with Crippen molar-refractivity contribution >= 4 is 23.3 Å². The van der Waals surface area contributed by atoms with E-state index in [9.17, 15) is 9.59 Å². The van der Waals surface area contributed by atoms with E-state index in [4.69, 9.17) is 30.4 Å². The molecule has 0 aliphatic carbocycles. The molecule has 4 rings (SSSR count). The average Bonchev–Trinajstić information content (AvgIpc) is 2.95. The highest BCUT2D eigenvalue weighted by atomic mass is 16.5. The van der Waals surface area contributed by atoms with Crippen LogP contribution in [0, 0.1) is 0 Å². The van der Waals surface area contributed by atoms with Gasteiger partial charge in [0.05, 0.1) is 24.3 Å². The zero-order chi connectivity index (χ0) is 27.5. The summed E-state index contributed by atoms with van der Waals surface area (Å²) in [6.07, 6.45) is 2.68. The van der Waals surface area contributed by atoms with E-state index in [1.165, 1.54) is 0 Å². The summed E-state index contributed by atoms with van der Waals surface area (Å²) in [4.78, 5) is 24.4. The van der Waals surface area contributed by atoms with Crippen LogP contribution >= 0.6 is 0 Å². The van der Waals surface area contributed by atoms with E-state index >= 15 is 0 Å². The van der Waals surface area contributed by atoms with Crippen molar-refractivity contribution in [3.8, 4) is 23.0 Å². The van der Waals surface area contributed by atoms with Gasteiger partial charge in [0.1, 0.15) is 23.0 Å². The molecule has 0 saturated carbocycles. The quantitative estimate of drug-likeness (QED) is 0.101. The number of nitrogen functional groups attached to an aromatic ring is 2. The smallest absolute Gasteiger partial charge is 0.343 e. The number of esters is 2. The molecule has 0 unspecified atom stereocenters. The van der Waals surface area contributed by atoms with Gasteiger partial charge in [-0.25, -0.2) is 9.59 Å². The number of benzene rings is 4. The summed E-state index contributed by atoms with van der Waals surface area (Å²) in [5, 5.41) is 0. The number of unbranched alkanes of at least 4 members (excludes halogenated alkanes) is 2. The van der Waals surface area contributed by atoms with Crippen LogP contribution in [0.4, 0.5) is 11.4 Å². The van der Waals surface area contributed by atoms with Crippen molar-refractivity contribution in [2.75, 3.05) is 24.7 Å². The first kappa shape index (κ1) is 27.1. The van der Waals surface area contributed by atoms with Crippen LogP contribution in [0.2, 0.25) is 0 Å². The number of hydrogen-bond donors (Lipinski definition) is 2. The highest BCUT2D eigenvalue weighted by Gasteiger charge is 2.09. The van der Waals surface area contributed by atoms with E-state index in [0.717, 1.165) is 19.3 Å². The molecule has 0 aromatic heterocycles. The maximum atomic E-state index is 12.2. The van der Waals surface area contributed by atoms with Gasteiger partial charge in [-0.05, 0) is 116 Å². The Morgan fingerprint density at radius 2 is 0.795 bits per heavy atom. The maximum absolute atomic E-state index is 12.2. The largest absolute Gasteiger partial charge is 0.494 e. The lowest BCUT2D eigenvalue weighted by Crippen LogP contribution is -2.08. The van der Waals surface area contributed by atoms with Gasteiger partial charge in [-0.3, -0.25) is 0 Å². The van der Waals surface area contributed by atoms with Gasteiger partial charge in [0.15, 0.2) is 0 Å². The monoisotopic (exact) mass is 526 g/mol. The molecule has 0 bridgehead atoms. The highest BCUT2D eigenvalue weighted by molar-refractivity contribution is 5.92. The third-order valence-electron chi connectivity index (χ3n) is 5.69. The van der Waals surface area contributed by atoms with Gasteiger partial charge < -0.3 is 30.4 Å². The fourth-order valence-electron chi connectivity index (χ4n) is 3.54. The zero-order valence-corrected chi connectivity index (χ0v) is 21.4. The number of carbonyl (C=O) groups excluding carboxylic acids is 2. The van der Waals surface area contributed by atoms with E-state index < -0.39 is 11.9 Å². The lowest BCUT2D eigenvalue weighted by Gasteiger charge is -2.09. The van der Waals surface area contributed by atoms with Crippen molar-refractivity contribution < 1.29 is 28.5 Å². The minimum absolute atomic E-state index is 0.432. The molecule has 8 nitrogen and oxygen atoms in total. The number of anilines is 2. The molecule has 0 atom stereocenters. The number of rotatable bonds is 12. The fraction of sp³-hybridized carbons (Fsp3) is 0.161. The molecule has 0 radical (unpaired) electrons. The molecule has 4 aromatic rings. The Morgan fingerprint density at radius 3 is 1.15 bits per heavy atom. The van der Waals surface area contributed by atoms with Crippen molar-refractivity contribution in [1.29, 1.82) is 0 Å².